The molecule has 4 nitrogen and oxygen atoms in total. The molecule has 1 aliphatic rings. The molecule has 2 N–H and O–H groups in total. The summed E-state index contributed by atoms with van der Waals surface area (Å²) in [4.78, 5) is 0. The highest BCUT2D eigenvalue weighted by molar-refractivity contribution is 9.10. The first-order valence-corrected chi connectivity index (χ1v) is 8.81. The maximum atomic E-state index is 12.0. The molecular formula is C13H18BrNO3S. The molecule has 0 saturated heterocycles. The third-order valence-corrected chi connectivity index (χ3v) is 5.24. The molecule has 2 atom stereocenters. The van der Waals surface area contributed by atoms with Gasteiger partial charge >= 0.3 is 0 Å². The summed E-state index contributed by atoms with van der Waals surface area (Å²) >= 11 is 3.32. The second-order valence-corrected chi connectivity index (χ2v) is 7.72. The molecule has 6 heteroatoms. The Morgan fingerprint density at radius 3 is 2.79 bits per heavy atom. The minimum absolute atomic E-state index is 0.0325. The predicted octanol–water partition coefficient (Wildman–Crippen LogP) is 2.03. The molecule has 0 radical (unpaired) electrons. The third kappa shape index (κ3) is 4.56. The van der Waals surface area contributed by atoms with Crippen LogP contribution < -0.4 is 4.72 Å². The van der Waals surface area contributed by atoms with E-state index in [1.54, 1.807) is 12.1 Å². The lowest BCUT2D eigenvalue weighted by Crippen LogP contribution is -2.33. The topological polar surface area (TPSA) is 66.4 Å². The summed E-state index contributed by atoms with van der Waals surface area (Å²) in [7, 11) is -3.34. The number of halogens is 1. The molecule has 106 valence electrons. The number of rotatable bonds is 5. The van der Waals surface area contributed by atoms with E-state index in [1.807, 2.05) is 12.1 Å². The van der Waals surface area contributed by atoms with Crippen LogP contribution in [0.5, 0.6) is 0 Å². The molecule has 0 aliphatic heterocycles. The van der Waals surface area contributed by atoms with Gasteiger partial charge in [0.25, 0.3) is 0 Å². The van der Waals surface area contributed by atoms with Crippen LogP contribution in [0.25, 0.3) is 0 Å². The van der Waals surface area contributed by atoms with Gasteiger partial charge in [0, 0.05) is 11.0 Å². The highest BCUT2D eigenvalue weighted by Gasteiger charge is 2.26. The first-order chi connectivity index (χ1) is 8.96. The molecule has 0 amide bonds. The Morgan fingerprint density at radius 2 is 2.16 bits per heavy atom. The van der Waals surface area contributed by atoms with Crippen molar-refractivity contribution in [2.75, 3.05) is 6.54 Å². The van der Waals surface area contributed by atoms with Gasteiger partial charge in [0.2, 0.25) is 10.0 Å². The molecule has 1 aromatic rings. The molecule has 1 fully saturated rings. The van der Waals surface area contributed by atoms with Crippen molar-refractivity contribution in [1.29, 1.82) is 0 Å². The van der Waals surface area contributed by atoms with Crippen molar-refractivity contribution in [3.8, 4) is 0 Å². The predicted molar refractivity (Wildman–Crippen MR) is 78.1 cm³/mol. The molecule has 0 bridgehead atoms. The van der Waals surface area contributed by atoms with Crippen molar-refractivity contribution in [1.82, 2.24) is 4.72 Å². The normalized spacial score (nSPS) is 23.7. The number of benzene rings is 1. The fourth-order valence-electron chi connectivity index (χ4n) is 2.39. The van der Waals surface area contributed by atoms with E-state index in [-0.39, 0.29) is 17.8 Å². The third-order valence-electron chi connectivity index (χ3n) is 3.43. The van der Waals surface area contributed by atoms with Gasteiger partial charge in [0.1, 0.15) is 0 Å². The lowest BCUT2D eigenvalue weighted by molar-refractivity contribution is 0.134. The molecule has 19 heavy (non-hydrogen) atoms. The van der Waals surface area contributed by atoms with Crippen LogP contribution in [0.2, 0.25) is 0 Å². The van der Waals surface area contributed by atoms with Crippen molar-refractivity contribution in [2.45, 2.75) is 31.1 Å². The summed E-state index contributed by atoms with van der Waals surface area (Å²) in [6.07, 6.45) is 2.27. The van der Waals surface area contributed by atoms with Crippen molar-refractivity contribution in [2.24, 2.45) is 5.92 Å². The largest absolute Gasteiger partial charge is 0.393 e. The van der Waals surface area contributed by atoms with Gasteiger partial charge in [-0.25, -0.2) is 13.1 Å². The van der Waals surface area contributed by atoms with Gasteiger partial charge in [-0.1, -0.05) is 34.5 Å². The Kier molecular flexibility index (Phi) is 5.00. The van der Waals surface area contributed by atoms with E-state index in [4.69, 9.17) is 0 Å². The van der Waals surface area contributed by atoms with E-state index >= 15 is 0 Å². The van der Waals surface area contributed by atoms with E-state index in [2.05, 4.69) is 20.7 Å². The molecule has 1 aliphatic carbocycles. The van der Waals surface area contributed by atoms with Crippen LogP contribution in [-0.4, -0.2) is 26.2 Å². The SMILES string of the molecule is O=S(=O)(Cc1cccc(Br)c1)NC[C@H]1CCC[C@@H]1O. The van der Waals surface area contributed by atoms with E-state index in [0.717, 1.165) is 29.3 Å². The number of hydrogen-bond acceptors (Lipinski definition) is 3. The molecule has 1 aromatic carbocycles. The summed E-state index contributed by atoms with van der Waals surface area (Å²) < 4.78 is 27.4. The van der Waals surface area contributed by atoms with Gasteiger partial charge < -0.3 is 5.11 Å². The van der Waals surface area contributed by atoms with Gasteiger partial charge in [0.15, 0.2) is 0 Å². The van der Waals surface area contributed by atoms with Gasteiger partial charge in [-0.05, 0) is 36.5 Å². The molecule has 2 rings (SSSR count). The minimum Gasteiger partial charge on any atom is -0.393 e. The zero-order valence-electron chi connectivity index (χ0n) is 10.5. The van der Waals surface area contributed by atoms with Crippen LogP contribution >= 0.6 is 15.9 Å². The number of aliphatic hydroxyl groups is 1. The molecule has 0 heterocycles. The van der Waals surface area contributed by atoms with Crippen LogP contribution in [0, 0.1) is 5.92 Å². The minimum atomic E-state index is -3.34. The van der Waals surface area contributed by atoms with Gasteiger partial charge in [-0.15, -0.1) is 0 Å². The number of hydrogen-bond donors (Lipinski definition) is 2. The van der Waals surface area contributed by atoms with Crippen LogP contribution in [-0.2, 0) is 15.8 Å². The smallest absolute Gasteiger partial charge is 0.215 e. The first kappa shape index (κ1) is 15.0. The summed E-state index contributed by atoms with van der Waals surface area (Å²) in [5, 5.41) is 9.67. The van der Waals surface area contributed by atoms with Crippen molar-refractivity contribution in [3.05, 3.63) is 34.3 Å². The van der Waals surface area contributed by atoms with E-state index in [0.29, 0.717) is 6.54 Å². The Hall–Kier alpha value is -0.430. The summed E-state index contributed by atoms with van der Waals surface area (Å²) in [5.41, 5.74) is 0.744. The van der Waals surface area contributed by atoms with Crippen molar-refractivity contribution < 1.29 is 13.5 Å². The summed E-state index contributed by atoms with van der Waals surface area (Å²) in [6, 6.07) is 7.26. The molecule has 0 unspecified atom stereocenters. The Balaban J connectivity index is 1.91. The van der Waals surface area contributed by atoms with Crippen molar-refractivity contribution >= 4 is 26.0 Å². The second kappa shape index (κ2) is 6.35. The Morgan fingerprint density at radius 1 is 1.37 bits per heavy atom. The lowest BCUT2D eigenvalue weighted by atomic mass is 10.1. The fraction of sp³-hybridized carbons (Fsp3) is 0.538. The van der Waals surface area contributed by atoms with Gasteiger partial charge in [-0.2, -0.15) is 0 Å². The van der Waals surface area contributed by atoms with E-state index < -0.39 is 10.0 Å². The Bertz CT molecular complexity index is 532. The maximum absolute atomic E-state index is 12.0. The first-order valence-electron chi connectivity index (χ1n) is 6.36. The van der Waals surface area contributed by atoms with Crippen LogP contribution in [0.1, 0.15) is 24.8 Å². The summed E-state index contributed by atoms with van der Waals surface area (Å²) in [6.45, 7) is 0.331. The molecule has 1 saturated carbocycles. The standard InChI is InChI=1S/C13H18BrNO3S/c14-12-5-1-3-10(7-12)9-19(17,18)15-8-11-4-2-6-13(11)16/h1,3,5,7,11,13,15-16H,2,4,6,8-9H2/t11-,13+/m1/s1. The van der Waals surface area contributed by atoms with Crippen molar-refractivity contribution in [3.63, 3.8) is 0 Å². The maximum Gasteiger partial charge on any atom is 0.215 e. The summed E-state index contributed by atoms with van der Waals surface area (Å²) in [5.74, 6) is 0.0206. The molecule has 0 aromatic heterocycles. The highest BCUT2D eigenvalue weighted by atomic mass is 79.9. The molecular weight excluding hydrogens is 330 g/mol. The van der Waals surface area contributed by atoms with E-state index in [9.17, 15) is 13.5 Å². The average molecular weight is 348 g/mol. The number of nitrogens with one attached hydrogen (secondary N) is 1. The Labute approximate surface area is 122 Å². The zero-order valence-corrected chi connectivity index (χ0v) is 13.0. The quantitative estimate of drug-likeness (QED) is 0.856. The van der Waals surface area contributed by atoms with Gasteiger partial charge in [-0.3, -0.25) is 0 Å². The highest BCUT2D eigenvalue weighted by Crippen LogP contribution is 2.25. The molecule has 0 spiro atoms. The lowest BCUT2D eigenvalue weighted by Gasteiger charge is -2.15. The number of aliphatic hydroxyl groups excluding tert-OH is 1. The van der Waals surface area contributed by atoms with Gasteiger partial charge in [0.05, 0.1) is 11.9 Å². The van der Waals surface area contributed by atoms with E-state index in [1.165, 1.54) is 0 Å². The average Bonchev–Trinajstić information content (AvgIpc) is 2.72. The number of sulfonamides is 1. The second-order valence-electron chi connectivity index (χ2n) is 5.00. The fourth-order valence-corrected chi connectivity index (χ4v) is 4.02. The monoisotopic (exact) mass is 347 g/mol. The zero-order chi connectivity index (χ0) is 13.9. The van der Waals surface area contributed by atoms with Crippen LogP contribution in [0.4, 0.5) is 0 Å². The van der Waals surface area contributed by atoms with Crippen LogP contribution in [0.15, 0.2) is 28.7 Å². The van der Waals surface area contributed by atoms with Crippen LogP contribution in [0.3, 0.4) is 0 Å².